The molecule has 1 aromatic carbocycles. The molecule has 11 heteroatoms. The number of nitrogens with one attached hydrogen (secondary N) is 1. The zero-order valence-corrected chi connectivity index (χ0v) is 20.7. The smallest absolute Gasteiger partial charge is 0.451 e. The quantitative estimate of drug-likeness (QED) is 0.494. The number of fused-ring (bicyclic) bond motifs is 3. The second-order valence-corrected chi connectivity index (χ2v) is 10.7. The first-order chi connectivity index (χ1) is 17.1. The van der Waals surface area contributed by atoms with Gasteiger partial charge in [0.05, 0.1) is 6.04 Å². The molecule has 3 aliphatic rings. The summed E-state index contributed by atoms with van der Waals surface area (Å²) in [6, 6.07) is 4.82. The molecule has 1 atom stereocenters. The van der Waals surface area contributed by atoms with Crippen molar-refractivity contribution in [3.8, 4) is 16.3 Å². The number of alkyl halides is 3. The molecule has 6 rings (SSSR count). The van der Waals surface area contributed by atoms with Crippen LogP contribution in [-0.4, -0.2) is 51.0 Å². The van der Waals surface area contributed by atoms with Crippen LogP contribution in [0, 0.1) is 6.92 Å². The van der Waals surface area contributed by atoms with Crippen molar-refractivity contribution in [2.24, 2.45) is 0 Å². The van der Waals surface area contributed by atoms with Crippen LogP contribution >= 0.6 is 11.3 Å². The van der Waals surface area contributed by atoms with Crippen LogP contribution in [0.2, 0.25) is 0 Å². The predicted molar refractivity (Wildman–Crippen MR) is 129 cm³/mol. The van der Waals surface area contributed by atoms with E-state index in [9.17, 15) is 18.0 Å². The number of amides is 1. The van der Waals surface area contributed by atoms with Crippen molar-refractivity contribution in [3.05, 3.63) is 58.6 Å². The molecule has 3 aromatic rings. The molecule has 2 aromatic heterocycles. The monoisotopic (exact) mass is 517 g/mol. The highest BCUT2D eigenvalue weighted by atomic mass is 32.1. The minimum atomic E-state index is -4.62. The van der Waals surface area contributed by atoms with Gasteiger partial charge in [-0.1, -0.05) is 0 Å². The molecule has 0 saturated carbocycles. The van der Waals surface area contributed by atoms with Crippen LogP contribution in [-0.2, 0) is 6.18 Å². The molecule has 7 nitrogen and oxygen atoms in total. The number of aromatic nitrogens is 3. The maximum absolute atomic E-state index is 13.2. The summed E-state index contributed by atoms with van der Waals surface area (Å²) in [6.45, 7) is 6.66. The Hall–Kier alpha value is -3.05. The van der Waals surface area contributed by atoms with Gasteiger partial charge in [0.2, 0.25) is 5.82 Å². The first-order valence-electron chi connectivity index (χ1n) is 11.8. The number of carbonyl (C=O) groups excluding carboxylic acids is 1. The van der Waals surface area contributed by atoms with Gasteiger partial charge in [0.25, 0.3) is 5.91 Å². The summed E-state index contributed by atoms with van der Waals surface area (Å²) in [5, 5.41) is 3.62. The van der Waals surface area contributed by atoms with Gasteiger partial charge in [0.1, 0.15) is 16.4 Å². The molecule has 1 unspecified atom stereocenters. The summed E-state index contributed by atoms with van der Waals surface area (Å²) in [5.74, 6) is -0.976. The van der Waals surface area contributed by atoms with E-state index in [0.717, 1.165) is 66.7 Å². The minimum Gasteiger partial charge on any atom is -0.487 e. The van der Waals surface area contributed by atoms with Crippen LogP contribution in [0.25, 0.3) is 10.6 Å². The number of hydrogen-bond acceptors (Lipinski definition) is 7. The normalized spacial score (nSPS) is 22.3. The number of hydrogen-bond donors (Lipinski definition) is 1. The molecular weight excluding hydrogens is 491 g/mol. The number of nitrogens with zero attached hydrogens (tertiary/aromatic N) is 4. The largest absolute Gasteiger partial charge is 0.487 e. The lowest BCUT2D eigenvalue weighted by molar-refractivity contribution is -0.145. The van der Waals surface area contributed by atoms with E-state index >= 15 is 0 Å². The SMILES string of the molecule is Cc1cnc(-c2cc(OC34CCN(CC3)CC4)cc(C(=O)NC(C)c3cnc(C(F)(F)F)nc3)c2)s1. The van der Waals surface area contributed by atoms with Gasteiger partial charge < -0.3 is 15.0 Å². The van der Waals surface area contributed by atoms with Gasteiger partial charge in [-0.05, 0) is 51.3 Å². The van der Waals surface area contributed by atoms with Crippen LogP contribution in [0.1, 0.15) is 58.9 Å². The van der Waals surface area contributed by atoms with Crippen molar-refractivity contribution < 1.29 is 22.7 Å². The lowest BCUT2D eigenvalue weighted by atomic mass is 9.83. The lowest BCUT2D eigenvalue weighted by Gasteiger charge is -2.48. The number of ether oxygens (including phenoxy) is 1. The lowest BCUT2D eigenvalue weighted by Crippen LogP contribution is -2.55. The fourth-order valence-electron chi connectivity index (χ4n) is 4.67. The van der Waals surface area contributed by atoms with Crippen molar-refractivity contribution in [1.82, 2.24) is 25.2 Å². The Morgan fingerprint density at radius 2 is 1.75 bits per heavy atom. The number of carbonyl (C=O) groups is 1. The van der Waals surface area contributed by atoms with E-state index in [4.69, 9.17) is 4.74 Å². The van der Waals surface area contributed by atoms with Crippen molar-refractivity contribution in [1.29, 1.82) is 0 Å². The molecule has 3 saturated heterocycles. The van der Waals surface area contributed by atoms with E-state index in [-0.39, 0.29) is 11.5 Å². The highest BCUT2D eigenvalue weighted by Gasteiger charge is 2.41. The first-order valence-corrected chi connectivity index (χ1v) is 12.6. The second-order valence-electron chi connectivity index (χ2n) is 9.43. The predicted octanol–water partition coefficient (Wildman–Crippen LogP) is 5.04. The summed E-state index contributed by atoms with van der Waals surface area (Å²) >= 11 is 1.53. The summed E-state index contributed by atoms with van der Waals surface area (Å²) in [7, 11) is 0. The van der Waals surface area contributed by atoms with Gasteiger partial charge >= 0.3 is 6.18 Å². The van der Waals surface area contributed by atoms with Gasteiger partial charge in [-0.2, -0.15) is 13.2 Å². The van der Waals surface area contributed by atoms with Crippen molar-refractivity contribution >= 4 is 17.2 Å². The van der Waals surface area contributed by atoms with Crippen molar-refractivity contribution in [2.75, 3.05) is 19.6 Å². The summed E-state index contributed by atoms with van der Waals surface area (Å²) in [5.41, 5.74) is 1.31. The van der Waals surface area contributed by atoms with E-state index in [1.807, 2.05) is 13.0 Å². The van der Waals surface area contributed by atoms with Gasteiger partial charge in [-0.3, -0.25) is 4.79 Å². The average molecular weight is 518 g/mol. The van der Waals surface area contributed by atoms with Crippen molar-refractivity contribution in [3.63, 3.8) is 0 Å². The van der Waals surface area contributed by atoms with Crippen LogP contribution in [0.4, 0.5) is 13.2 Å². The third-order valence-electron chi connectivity index (χ3n) is 6.80. The minimum absolute atomic E-state index is 0.231. The molecule has 190 valence electrons. The zero-order valence-electron chi connectivity index (χ0n) is 19.9. The Morgan fingerprint density at radius 1 is 1.08 bits per heavy atom. The Kier molecular flexibility index (Phi) is 6.46. The highest BCUT2D eigenvalue weighted by molar-refractivity contribution is 7.14. The third kappa shape index (κ3) is 5.22. The molecule has 0 radical (unpaired) electrons. The highest BCUT2D eigenvalue weighted by Crippen LogP contribution is 2.38. The topological polar surface area (TPSA) is 80.2 Å². The molecule has 3 aliphatic heterocycles. The second kappa shape index (κ2) is 9.44. The number of thiazole rings is 1. The fraction of sp³-hybridized carbons (Fsp3) is 0.440. The maximum atomic E-state index is 13.2. The summed E-state index contributed by atoms with van der Waals surface area (Å²) < 4.78 is 44.9. The van der Waals surface area contributed by atoms with Gasteiger partial charge in [-0.25, -0.2) is 15.0 Å². The van der Waals surface area contributed by atoms with Gasteiger partial charge in [-0.15, -0.1) is 11.3 Å². The van der Waals surface area contributed by atoms with E-state index < -0.39 is 18.0 Å². The molecule has 5 heterocycles. The first kappa shape index (κ1) is 24.6. The summed E-state index contributed by atoms with van der Waals surface area (Å²) in [6.07, 6.45) is 2.16. The van der Waals surface area contributed by atoms with E-state index in [2.05, 4.69) is 25.2 Å². The molecule has 36 heavy (non-hydrogen) atoms. The maximum Gasteiger partial charge on any atom is 0.451 e. The van der Waals surface area contributed by atoms with Crippen molar-refractivity contribution in [2.45, 2.75) is 50.9 Å². The van der Waals surface area contributed by atoms with Crippen LogP contribution in [0.5, 0.6) is 5.75 Å². The molecule has 1 N–H and O–H groups in total. The number of aryl methyl sites for hydroxylation is 1. The van der Waals surface area contributed by atoms with E-state index in [1.165, 1.54) is 11.3 Å². The zero-order chi connectivity index (χ0) is 25.5. The standard InChI is InChI=1S/C25H26F3N5O2S/c1-15-12-29-22(36-15)18-9-17(10-20(11-18)35-24-3-6-33(7-4-24)8-5-24)21(34)32-16(2)19-13-30-23(31-14-19)25(26,27)28/h9-14,16H,3-8H2,1-2H3,(H,32,34). The number of benzene rings is 1. The van der Waals surface area contributed by atoms with Crippen LogP contribution in [0.3, 0.4) is 0 Å². The molecule has 0 aliphatic carbocycles. The fourth-order valence-corrected chi connectivity index (χ4v) is 5.42. The number of piperidine rings is 3. The molecule has 0 spiro atoms. The Labute approximate surface area is 210 Å². The van der Waals surface area contributed by atoms with E-state index in [0.29, 0.717) is 16.9 Å². The molecular formula is C25H26F3N5O2S. The molecule has 1 amide bonds. The van der Waals surface area contributed by atoms with Gasteiger partial charge in [0.15, 0.2) is 0 Å². The molecule has 2 bridgehead atoms. The average Bonchev–Trinajstić information content (AvgIpc) is 3.30. The summed E-state index contributed by atoms with van der Waals surface area (Å²) in [4.78, 5) is 28.0. The van der Waals surface area contributed by atoms with Crippen LogP contribution in [0.15, 0.2) is 36.8 Å². The number of rotatable bonds is 6. The number of halogens is 3. The Morgan fingerprint density at radius 3 is 2.33 bits per heavy atom. The molecule has 3 fully saturated rings. The Bertz CT molecular complexity index is 1240. The van der Waals surface area contributed by atoms with Gasteiger partial charge in [0, 0.05) is 59.8 Å². The Balaban J connectivity index is 1.40. The van der Waals surface area contributed by atoms with Crippen LogP contribution < -0.4 is 10.1 Å². The third-order valence-corrected chi connectivity index (χ3v) is 7.76. The van der Waals surface area contributed by atoms with E-state index in [1.54, 1.807) is 25.3 Å².